The Morgan fingerprint density at radius 2 is 2.14 bits per heavy atom. The van der Waals surface area contributed by atoms with Gasteiger partial charge in [-0.1, -0.05) is 0 Å². The normalized spacial score (nSPS) is 20.0. The standard InChI is InChI=1S/C7H11NO5S/c9-6-3-5-14(12,13)8(6)4-1-2-7(10)11/h1-5H2,(H,10,11). The van der Waals surface area contributed by atoms with Crippen molar-refractivity contribution in [2.45, 2.75) is 19.3 Å². The lowest BCUT2D eigenvalue weighted by Crippen LogP contribution is -2.30. The molecule has 1 N–H and O–H groups in total. The van der Waals surface area contributed by atoms with E-state index in [9.17, 15) is 18.0 Å². The summed E-state index contributed by atoms with van der Waals surface area (Å²) in [6, 6.07) is 0. The summed E-state index contributed by atoms with van der Waals surface area (Å²) in [4.78, 5) is 21.2. The molecule has 0 radical (unpaired) electrons. The van der Waals surface area contributed by atoms with Crippen molar-refractivity contribution in [3.8, 4) is 0 Å². The molecule has 1 heterocycles. The summed E-state index contributed by atoms with van der Waals surface area (Å²) in [6.45, 7) is -0.0204. The van der Waals surface area contributed by atoms with Crippen LogP contribution in [0.15, 0.2) is 0 Å². The molecule has 14 heavy (non-hydrogen) atoms. The van der Waals surface area contributed by atoms with Crippen LogP contribution < -0.4 is 0 Å². The Morgan fingerprint density at radius 3 is 2.57 bits per heavy atom. The fourth-order valence-electron chi connectivity index (χ4n) is 1.24. The van der Waals surface area contributed by atoms with Crippen LogP contribution >= 0.6 is 0 Å². The number of carbonyl (C=O) groups is 2. The third-order valence-corrected chi connectivity index (χ3v) is 3.72. The maximum atomic E-state index is 11.2. The summed E-state index contributed by atoms with van der Waals surface area (Å²) in [6.07, 6.45) is 0.0506. The van der Waals surface area contributed by atoms with Crippen molar-refractivity contribution in [2.24, 2.45) is 0 Å². The Hall–Kier alpha value is -1.11. The molecule has 1 aliphatic heterocycles. The van der Waals surface area contributed by atoms with E-state index in [1.54, 1.807) is 0 Å². The summed E-state index contributed by atoms with van der Waals surface area (Å²) < 4.78 is 23.2. The number of carboxylic acids is 1. The lowest BCUT2D eigenvalue weighted by Gasteiger charge is -2.13. The second-order valence-corrected chi connectivity index (χ2v) is 5.04. The number of rotatable bonds is 4. The third kappa shape index (κ3) is 2.44. The van der Waals surface area contributed by atoms with Gasteiger partial charge in [0.05, 0.1) is 5.75 Å². The maximum absolute atomic E-state index is 11.2. The molecule has 0 spiro atoms. The van der Waals surface area contributed by atoms with Crippen molar-refractivity contribution in [3.05, 3.63) is 0 Å². The van der Waals surface area contributed by atoms with Gasteiger partial charge in [-0.05, 0) is 6.42 Å². The SMILES string of the molecule is O=C(O)CCCN1C(=O)CCS1(=O)=O. The minimum atomic E-state index is -3.44. The van der Waals surface area contributed by atoms with Crippen LogP contribution in [0.25, 0.3) is 0 Å². The number of sulfonamides is 1. The highest BCUT2D eigenvalue weighted by Gasteiger charge is 2.34. The number of aliphatic carboxylic acids is 1. The highest BCUT2D eigenvalue weighted by atomic mass is 32.2. The van der Waals surface area contributed by atoms with Gasteiger partial charge in [0, 0.05) is 19.4 Å². The molecule has 1 fully saturated rings. The zero-order chi connectivity index (χ0) is 10.8. The van der Waals surface area contributed by atoms with Crippen LogP contribution in [0.1, 0.15) is 19.3 Å². The lowest BCUT2D eigenvalue weighted by molar-refractivity contribution is -0.137. The topological polar surface area (TPSA) is 91.8 Å². The highest BCUT2D eigenvalue weighted by molar-refractivity contribution is 7.90. The minimum Gasteiger partial charge on any atom is -0.481 e. The molecule has 0 aromatic heterocycles. The number of amides is 1. The first kappa shape index (κ1) is 11.0. The number of nitrogens with zero attached hydrogens (tertiary/aromatic N) is 1. The molecular weight excluding hydrogens is 210 g/mol. The molecular formula is C7H11NO5S. The summed E-state index contributed by atoms with van der Waals surface area (Å²) >= 11 is 0. The Morgan fingerprint density at radius 1 is 1.50 bits per heavy atom. The van der Waals surface area contributed by atoms with Gasteiger partial charge < -0.3 is 5.11 Å². The van der Waals surface area contributed by atoms with Crippen molar-refractivity contribution < 1.29 is 23.1 Å². The molecule has 7 heteroatoms. The molecule has 0 atom stereocenters. The van der Waals surface area contributed by atoms with E-state index < -0.39 is 21.9 Å². The largest absolute Gasteiger partial charge is 0.481 e. The smallest absolute Gasteiger partial charge is 0.303 e. The predicted octanol–water partition coefficient (Wildman–Crippen LogP) is -0.587. The van der Waals surface area contributed by atoms with E-state index in [1.807, 2.05) is 0 Å². The second-order valence-electron chi connectivity index (χ2n) is 3.03. The molecule has 0 saturated carbocycles. The Labute approximate surface area is 81.6 Å². The van der Waals surface area contributed by atoms with Crippen LogP contribution in [0, 0.1) is 0 Å². The third-order valence-electron chi connectivity index (χ3n) is 1.94. The van der Waals surface area contributed by atoms with Crippen LogP contribution in [-0.2, 0) is 19.6 Å². The Balaban J connectivity index is 2.51. The summed E-state index contributed by atoms with van der Waals surface area (Å²) in [5.74, 6) is -1.58. The molecule has 0 aliphatic carbocycles. The van der Waals surface area contributed by atoms with Crippen molar-refractivity contribution in [1.29, 1.82) is 0 Å². The molecule has 0 unspecified atom stereocenters. The van der Waals surface area contributed by atoms with Crippen molar-refractivity contribution in [3.63, 3.8) is 0 Å². The molecule has 1 aliphatic rings. The van der Waals surface area contributed by atoms with Gasteiger partial charge in [-0.25, -0.2) is 12.7 Å². The molecule has 1 rings (SSSR count). The van der Waals surface area contributed by atoms with Gasteiger partial charge in [0.1, 0.15) is 0 Å². The van der Waals surface area contributed by atoms with Gasteiger partial charge in [-0.2, -0.15) is 0 Å². The zero-order valence-electron chi connectivity index (χ0n) is 7.47. The summed E-state index contributed by atoms with van der Waals surface area (Å²) in [7, 11) is -3.44. The van der Waals surface area contributed by atoms with Gasteiger partial charge in [0.25, 0.3) is 0 Å². The van der Waals surface area contributed by atoms with Crippen molar-refractivity contribution >= 4 is 21.9 Å². The molecule has 80 valence electrons. The van der Waals surface area contributed by atoms with E-state index in [2.05, 4.69) is 0 Å². The van der Waals surface area contributed by atoms with Crippen LogP contribution in [0.3, 0.4) is 0 Å². The first-order valence-corrected chi connectivity index (χ1v) is 5.79. The van der Waals surface area contributed by atoms with Crippen molar-refractivity contribution in [1.82, 2.24) is 4.31 Å². The molecule has 1 saturated heterocycles. The van der Waals surface area contributed by atoms with Gasteiger partial charge in [-0.15, -0.1) is 0 Å². The van der Waals surface area contributed by atoms with Gasteiger partial charge in [0.15, 0.2) is 0 Å². The quantitative estimate of drug-likeness (QED) is 0.685. The Kier molecular flexibility index (Phi) is 3.10. The fourth-order valence-corrected chi connectivity index (χ4v) is 2.71. The first-order valence-electron chi connectivity index (χ1n) is 4.18. The minimum absolute atomic E-state index is 0.00933. The van der Waals surface area contributed by atoms with Gasteiger partial charge >= 0.3 is 5.97 Å². The van der Waals surface area contributed by atoms with Crippen LogP contribution in [0.4, 0.5) is 0 Å². The number of hydrogen-bond donors (Lipinski definition) is 1. The summed E-state index contributed by atoms with van der Waals surface area (Å²) in [5, 5.41) is 8.33. The average molecular weight is 221 g/mol. The number of carbonyl (C=O) groups excluding carboxylic acids is 1. The second kappa shape index (κ2) is 3.95. The molecule has 1 amide bonds. The molecule has 6 nitrogen and oxygen atoms in total. The van der Waals surface area contributed by atoms with E-state index >= 15 is 0 Å². The molecule has 0 aromatic rings. The summed E-state index contributed by atoms with van der Waals surface area (Å²) in [5.41, 5.74) is 0. The van der Waals surface area contributed by atoms with E-state index in [-0.39, 0.29) is 31.6 Å². The van der Waals surface area contributed by atoms with E-state index in [4.69, 9.17) is 5.11 Å². The number of hydrogen-bond acceptors (Lipinski definition) is 4. The highest BCUT2D eigenvalue weighted by Crippen LogP contribution is 2.15. The van der Waals surface area contributed by atoms with Gasteiger partial charge in [0.2, 0.25) is 15.9 Å². The fraction of sp³-hybridized carbons (Fsp3) is 0.714. The first-order chi connectivity index (χ1) is 6.43. The molecule has 0 bridgehead atoms. The van der Waals surface area contributed by atoms with E-state index in [0.29, 0.717) is 0 Å². The van der Waals surface area contributed by atoms with E-state index in [0.717, 1.165) is 4.31 Å². The lowest BCUT2D eigenvalue weighted by atomic mass is 10.3. The molecule has 0 aromatic carbocycles. The number of carboxylic acid groups (broad SMARTS) is 1. The Bertz CT molecular complexity index is 347. The average Bonchev–Trinajstić information content (AvgIpc) is 2.30. The van der Waals surface area contributed by atoms with Gasteiger partial charge in [-0.3, -0.25) is 9.59 Å². The van der Waals surface area contributed by atoms with Crippen molar-refractivity contribution in [2.75, 3.05) is 12.3 Å². The van der Waals surface area contributed by atoms with Crippen LogP contribution in [0.2, 0.25) is 0 Å². The monoisotopic (exact) mass is 221 g/mol. The van der Waals surface area contributed by atoms with E-state index in [1.165, 1.54) is 0 Å². The zero-order valence-corrected chi connectivity index (χ0v) is 8.29. The van der Waals surface area contributed by atoms with Crippen LogP contribution in [0.5, 0.6) is 0 Å². The van der Waals surface area contributed by atoms with Crippen LogP contribution in [-0.4, -0.2) is 42.0 Å². The predicted molar refractivity (Wildman–Crippen MR) is 47.0 cm³/mol. The maximum Gasteiger partial charge on any atom is 0.303 e.